The van der Waals surface area contributed by atoms with Crippen molar-refractivity contribution in [2.75, 3.05) is 0 Å². The van der Waals surface area contributed by atoms with Crippen LogP contribution in [0, 0.1) is 520 Å². The Hall–Kier alpha value is -18.6. The third-order valence-corrected chi connectivity index (χ3v) is 5.64. The Balaban J connectivity index is 4.63. The van der Waals surface area contributed by atoms with Gasteiger partial charge in [-0.1, -0.05) is 0 Å². The van der Waals surface area contributed by atoms with E-state index in [2.05, 4.69) is 513 Å². The lowest BCUT2D eigenvalue weighted by Crippen LogP contribution is -1.57. The molecule has 0 aromatic carbocycles. The fraction of sp³-hybridized carbons (Fsp3) is 0. The standard InChI is InChI=1S/C88HI/c1-2-3-4-5-6-7-8-9-10-11-12-13-14-15-16-17-18-19-20-21-22-23-24-25-26-27-28-29-30-31-32-33-34-35-36-37-38-39-40-41-42-43-44-45-46-47-48-49-50-51-52-53-54-55-56-57-58-59-60-61-62-63-64-65-66-67-68-69-70-71-72-73-74-75-76-77-78-79-80-81-82-83-84-85-86-87-88-89/h1H. The van der Waals surface area contributed by atoms with Gasteiger partial charge in [0.25, 0.3) is 0 Å². The maximum atomic E-state index is 4.95. The average molecular weight is 1180 g/mol. The summed E-state index contributed by atoms with van der Waals surface area (Å²) in [6.45, 7) is 0. The Morgan fingerprint density at radius 3 is 0.202 bits per heavy atom. The van der Waals surface area contributed by atoms with Crippen molar-refractivity contribution >= 4 is 22.6 Å². The van der Waals surface area contributed by atoms with E-state index in [1.54, 1.807) is 0 Å². The molecular weight excluding hydrogens is 1180 g/mol. The molecule has 0 radical (unpaired) electrons. The molecule has 0 saturated heterocycles. The zero-order chi connectivity index (χ0) is 63.5. The summed E-state index contributed by atoms with van der Waals surface area (Å²) in [6.07, 6.45) is 4.95. The van der Waals surface area contributed by atoms with E-state index in [0.717, 1.165) is 0 Å². The van der Waals surface area contributed by atoms with Crippen LogP contribution < -0.4 is 0 Å². The van der Waals surface area contributed by atoms with Crippen LogP contribution in [0.15, 0.2) is 0 Å². The molecule has 0 aliphatic carbocycles. The molecule has 0 atom stereocenters. The van der Waals surface area contributed by atoms with Crippen LogP contribution in [0.4, 0.5) is 0 Å². The van der Waals surface area contributed by atoms with Gasteiger partial charge in [-0.2, -0.15) is 0 Å². The average Bonchev–Trinajstić information content (AvgIpc) is 3.54. The minimum atomic E-state index is 1.88. The van der Waals surface area contributed by atoms with Crippen LogP contribution in [0.3, 0.4) is 0 Å². The summed E-state index contributed by atoms with van der Waals surface area (Å²) in [4.78, 5) is 0. The molecular formula is C88HI. The van der Waals surface area contributed by atoms with Gasteiger partial charge in [0, 0.05) is 437 Å². The van der Waals surface area contributed by atoms with E-state index in [-0.39, 0.29) is 0 Å². The topological polar surface area (TPSA) is 0 Å². The molecule has 0 aromatic rings. The van der Waals surface area contributed by atoms with E-state index >= 15 is 0 Å². The summed E-state index contributed by atoms with van der Waals surface area (Å²) < 4.78 is 2.59. The second-order valence-corrected chi connectivity index (χ2v) is 11.4. The van der Waals surface area contributed by atoms with Gasteiger partial charge in [-0.25, -0.2) is 0 Å². The van der Waals surface area contributed by atoms with Crippen molar-refractivity contribution in [3.05, 3.63) is 0 Å². The van der Waals surface area contributed by atoms with Gasteiger partial charge in [0.2, 0.25) is 0 Å². The molecule has 0 amide bonds. The lowest BCUT2D eigenvalue weighted by Gasteiger charge is -1.58. The highest BCUT2D eigenvalue weighted by Crippen LogP contribution is 1.68. The third-order valence-electron chi connectivity index (χ3n) is 5.37. The highest BCUT2D eigenvalue weighted by atomic mass is 127. The Kier molecular flexibility index (Phi) is 54.8. The van der Waals surface area contributed by atoms with Crippen molar-refractivity contribution in [1.82, 2.24) is 0 Å². The lowest BCUT2D eigenvalue weighted by atomic mass is 10.4. The van der Waals surface area contributed by atoms with E-state index in [9.17, 15) is 0 Å². The van der Waals surface area contributed by atoms with Gasteiger partial charge in [0.15, 0.2) is 0 Å². The minimum Gasteiger partial charge on any atom is -0.106 e. The normalized spacial score (nSPS) is 3.96. The molecule has 0 nitrogen and oxygen atoms in total. The molecule has 0 heterocycles. The molecule has 0 bridgehead atoms. The number of hydrogen-bond acceptors (Lipinski definition) is 0. The van der Waals surface area contributed by atoms with Crippen molar-refractivity contribution in [2.45, 2.75) is 0 Å². The Bertz CT molecular complexity index is 6160. The minimum absolute atomic E-state index is 1.88. The molecule has 0 aliphatic rings. The summed E-state index contributed by atoms with van der Waals surface area (Å²) >= 11 is 1.88. The van der Waals surface area contributed by atoms with Crippen molar-refractivity contribution in [3.63, 3.8) is 0 Å². The Labute approximate surface area is 538 Å². The van der Waals surface area contributed by atoms with Crippen LogP contribution in [-0.2, 0) is 0 Å². The fourth-order valence-corrected chi connectivity index (χ4v) is 2.79. The first-order chi connectivity index (χ1) is 44.4. The molecule has 360 valence electrons. The summed E-state index contributed by atoms with van der Waals surface area (Å²) in [6, 6.07) is 0. The van der Waals surface area contributed by atoms with E-state index in [4.69, 9.17) is 6.42 Å². The molecule has 89 heavy (non-hydrogen) atoms. The molecule has 0 rings (SSSR count). The van der Waals surface area contributed by atoms with E-state index in [1.807, 2.05) is 22.6 Å². The molecule has 0 aliphatic heterocycles. The Morgan fingerprint density at radius 1 is 0.0899 bits per heavy atom. The van der Waals surface area contributed by atoms with Gasteiger partial charge >= 0.3 is 0 Å². The summed E-state index contributed by atoms with van der Waals surface area (Å²) in [5, 5.41) is 0. The van der Waals surface area contributed by atoms with E-state index < -0.39 is 0 Å². The van der Waals surface area contributed by atoms with E-state index in [1.165, 1.54) is 0 Å². The maximum Gasteiger partial charge on any atom is 0.0192 e. The van der Waals surface area contributed by atoms with Crippen LogP contribution in [-0.4, -0.2) is 0 Å². The number of halogens is 1. The quantitative estimate of drug-likeness (QED) is 0.253. The van der Waals surface area contributed by atoms with Crippen LogP contribution in [0.5, 0.6) is 0 Å². The van der Waals surface area contributed by atoms with Crippen molar-refractivity contribution < 1.29 is 0 Å². The van der Waals surface area contributed by atoms with Crippen molar-refractivity contribution in [1.29, 1.82) is 0 Å². The van der Waals surface area contributed by atoms with Gasteiger partial charge in [-0.15, -0.1) is 6.42 Å². The maximum absolute atomic E-state index is 4.95. The van der Waals surface area contributed by atoms with Crippen molar-refractivity contribution in [2.24, 2.45) is 0 Å². The first-order valence-electron chi connectivity index (χ1n) is 22.0. The number of terminal acetylenes is 1. The fourth-order valence-electron chi connectivity index (χ4n) is 2.65. The van der Waals surface area contributed by atoms with Crippen LogP contribution in [0.2, 0.25) is 0 Å². The van der Waals surface area contributed by atoms with Gasteiger partial charge < -0.3 is 0 Å². The number of hydrogen-bond donors (Lipinski definition) is 0. The van der Waals surface area contributed by atoms with Gasteiger partial charge in [0.1, 0.15) is 0 Å². The molecule has 0 fully saturated rings. The van der Waals surface area contributed by atoms with Crippen molar-refractivity contribution in [3.8, 4) is 520 Å². The molecule has 0 spiro atoms. The molecule has 1 heteroatoms. The monoisotopic (exact) mass is 1180 g/mol. The van der Waals surface area contributed by atoms with Gasteiger partial charge in [0.05, 0.1) is 0 Å². The summed E-state index contributed by atoms with van der Waals surface area (Å²) in [5.41, 5.74) is 0. The third kappa shape index (κ3) is 69.4. The second kappa shape index (κ2) is 69.4. The zero-order valence-electron chi connectivity index (χ0n) is 44.5. The van der Waals surface area contributed by atoms with Gasteiger partial charge in [-0.3, -0.25) is 0 Å². The highest BCUT2D eigenvalue weighted by molar-refractivity contribution is 14.1. The Morgan fingerprint density at radius 2 is 0.146 bits per heavy atom. The molecule has 0 aromatic heterocycles. The van der Waals surface area contributed by atoms with Gasteiger partial charge in [-0.05, 0) is 98.7 Å². The number of rotatable bonds is 0. The second-order valence-electron chi connectivity index (χ2n) is 10.9. The molecule has 0 unspecified atom stereocenters. The SMILES string of the molecule is C#CC#CC#CC#CC#CC#CC#CC#CC#CC#CC#CC#CC#CC#CC#CC#CC#CC#CC#CC#CC#CC#CC#CC#CC#CC#CC#CC#CC#CC#CC#CC#CC#CC#CC#CC#CC#CC#CC#CC#CC#CC#CC#CC#CI. The van der Waals surface area contributed by atoms with Crippen LogP contribution in [0.1, 0.15) is 0 Å². The predicted molar refractivity (Wildman–Crippen MR) is 357 cm³/mol. The predicted octanol–water partition coefficient (Wildman–Crippen LogP) is 1.16. The first kappa shape index (κ1) is 70.4. The zero-order valence-corrected chi connectivity index (χ0v) is 46.6. The summed E-state index contributed by atoms with van der Waals surface area (Å²) in [5.74, 6) is 214. The van der Waals surface area contributed by atoms with Crippen LogP contribution in [0.25, 0.3) is 0 Å². The lowest BCUT2D eigenvalue weighted by molar-refractivity contribution is 2.31. The van der Waals surface area contributed by atoms with E-state index in [0.29, 0.717) is 0 Å². The molecule has 0 saturated carbocycles. The smallest absolute Gasteiger partial charge is 0.0192 e. The first-order valence-corrected chi connectivity index (χ1v) is 23.1. The van der Waals surface area contributed by atoms with Crippen LogP contribution >= 0.6 is 22.6 Å². The molecule has 0 N–H and O–H groups in total. The largest absolute Gasteiger partial charge is 0.106 e. The summed E-state index contributed by atoms with van der Waals surface area (Å²) in [7, 11) is 0. The highest BCUT2D eigenvalue weighted by Gasteiger charge is 1.66.